The van der Waals surface area contributed by atoms with Crippen molar-refractivity contribution in [1.29, 1.82) is 0 Å². The van der Waals surface area contributed by atoms with Gasteiger partial charge in [-0.1, -0.05) is 18.2 Å². The Balaban J connectivity index is 1.40. The molecule has 2 aromatic heterocycles. The van der Waals surface area contributed by atoms with Gasteiger partial charge in [-0.25, -0.2) is 13.2 Å². The van der Waals surface area contributed by atoms with Crippen LogP contribution in [-0.4, -0.2) is 44.3 Å². The molecule has 7 nitrogen and oxygen atoms in total. The SMILES string of the molecule is O=C(COC(=O)/C(=C/c1cccs1)c1cccs1)Nc1cccc(S(=O)(=O)N2CCCC2)c1. The average molecular weight is 503 g/mol. The first-order chi connectivity index (χ1) is 15.9. The van der Waals surface area contributed by atoms with E-state index in [1.165, 1.54) is 39.1 Å². The van der Waals surface area contributed by atoms with Crippen LogP contribution in [0.4, 0.5) is 5.69 Å². The minimum atomic E-state index is -3.59. The number of nitrogens with zero attached hydrogens (tertiary/aromatic N) is 1. The Morgan fingerprint density at radius 3 is 2.48 bits per heavy atom. The molecule has 0 atom stereocenters. The number of sulfonamides is 1. The van der Waals surface area contributed by atoms with Gasteiger partial charge in [-0.2, -0.15) is 4.31 Å². The van der Waals surface area contributed by atoms with Crippen molar-refractivity contribution in [3.8, 4) is 0 Å². The van der Waals surface area contributed by atoms with Crippen LogP contribution in [0.3, 0.4) is 0 Å². The van der Waals surface area contributed by atoms with Crippen LogP contribution in [0, 0.1) is 0 Å². The standard InChI is InChI=1S/C23H22N2O5S3/c26-22(24-17-6-3-8-19(14-17)33(28,29)25-10-1-2-11-25)16-30-23(27)20(21-9-5-13-32-21)15-18-7-4-12-31-18/h3-9,12-15H,1-2,10-11,16H2,(H,24,26)/b20-15+. The van der Waals surface area contributed by atoms with Gasteiger partial charge in [0.2, 0.25) is 10.0 Å². The summed E-state index contributed by atoms with van der Waals surface area (Å²) in [6, 6.07) is 13.5. The molecule has 3 aromatic rings. The fraction of sp³-hybridized carbons (Fsp3) is 0.217. The van der Waals surface area contributed by atoms with E-state index in [1.54, 1.807) is 18.2 Å². The van der Waals surface area contributed by atoms with Gasteiger partial charge in [0.15, 0.2) is 6.61 Å². The summed E-state index contributed by atoms with van der Waals surface area (Å²) in [7, 11) is -3.59. The number of hydrogen-bond acceptors (Lipinski definition) is 7. The second-order valence-corrected chi connectivity index (χ2v) is 11.2. The summed E-state index contributed by atoms with van der Waals surface area (Å²) >= 11 is 2.90. The number of anilines is 1. The predicted molar refractivity (Wildman–Crippen MR) is 131 cm³/mol. The molecule has 1 aliphatic heterocycles. The van der Waals surface area contributed by atoms with Crippen molar-refractivity contribution in [2.45, 2.75) is 17.7 Å². The van der Waals surface area contributed by atoms with Gasteiger partial charge in [0.05, 0.1) is 10.5 Å². The first-order valence-corrected chi connectivity index (χ1v) is 13.5. The minimum absolute atomic E-state index is 0.123. The number of ether oxygens (including phenoxy) is 1. The Bertz CT molecular complexity index is 1240. The summed E-state index contributed by atoms with van der Waals surface area (Å²) in [6.45, 7) is 0.510. The van der Waals surface area contributed by atoms with Crippen LogP contribution >= 0.6 is 22.7 Å². The number of thiophene rings is 2. The highest BCUT2D eigenvalue weighted by molar-refractivity contribution is 7.89. The van der Waals surface area contributed by atoms with E-state index in [0.717, 1.165) is 22.6 Å². The number of esters is 1. The smallest absolute Gasteiger partial charge is 0.340 e. The number of carbonyl (C=O) groups excluding carboxylic acids is 2. The zero-order chi connectivity index (χ0) is 23.3. The second kappa shape index (κ2) is 10.4. The van der Waals surface area contributed by atoms with Crippen LogP contribution in [-0.2, 0) is 24.3 Å². The van der Waals surface area contributed by atoms with E-state index in [2.05, 4.69) is 5.32 Å². The molecule has 0 spiro atoms. The quantitative estimate of drug-likeness (QED) is 0.366. The summed E-state index contributed by atoms with van der Waals surface area (Å²) in [5.41, 5.74) is 0.697. The van der Waals surface area contributed by atoms with Gasteiger partial charge in [-0.05, 0) is 60.0 Å². The van der Waals surface area contributed by atoms with Crippen molar-refractivity contribution in [3.63, 3.8) is 0 Å². The van der Waals surface area contributed by atoms with Gasteiger partial charge in [0.25, 0.3) is 5.91 Å². The van der Waals surface area contributed by atoms with Crippen molar-refractivity contribution in [2.75, 3.05) is 25.0 Å². The predicted octanol–water partition coefficient (Wildman–Crippen LogP) is 4.32. The summed E-state index contributed by atoms with van der Waals surface area (Å²) in [4.78, 5) is 26.9. The van der Waals surface area contributed by atoms with Crippen LogP contribution in [0.2, 0.25) is 0 Å². The van der Waals surface area contributed by atoms with E-state index in [9.17, 15) is 18.0 Å². The number of rotatable bonds is 8. The molecule has 1 aliphatic rings. The van der Waals surface area contributed by atoms with Crippen molar-refractivity contribution >= 4 is 61.9 Å². The van der Waals surface area contributed by atoms with Gasteiger partial charge in [0, 0.05) is 28.5 Å². The lowest BCUT2D eigenvalue weighted by Gasteiger charge is -2.16. The monoisotopic (exact) mass is 502 g/mol. The Kier molecular flexibility index (Phi) is 7.39. The highest BCUT2D eigenvalue weighted by Gasteiger charge is 2.27. The van der Waals surface area contributed by atoms with Gasteiger partial charge >= 0.3 is 5.97 Å². The van der Waals surface area contributed by atoms with Crippen molar-refractivity contribution in [1.82, 2.24) is 4.31 Å². The van der Waals surface area contributed by atoms with E-state index in [1.807, 2.05) is 35.0 Å². The van der Waals surface area contributed by atoms with Crippen molar-refractivity contribution in [2.24, 2.45) is 0 Å². The fourth-order valence-corrected chi connectivity index (χ4v) is 6.35. The molecule has 0 radical (unpaired) electrons. The largest absolute Gasteiger partial charge is 0.452 e. The van der Waals surface area contributed by atoms with Crippen LogP contribution in [0.15, 0.2) is 64.2 Å². The normalized spacial score (nSPS) is 14.8. The van der Waals surface area contributed by atoms with Crippen molar-refractivity contribution in [3.05, 3.63) is 69.0 Å². The zero-order valence-electron chi connectivity index (χ0n) is 17.6. The third kappa shape index (κ3) is 5.77. The maximum atomic E-state index is 12.7. The molecule has 1 aromatic carbocycles. The first-order valence-electron chi connectivity index (χ1n) is 10.3. The summed E-state index contributed by atoms with van der Waals surface area (Å²) in [6.07, 6.45) is 3.42. The molecular weight excluding hydrogens is 480 g/mol. The second-order valence-electron chi connectivity index (χ2n) is 7.31. The Morgan fingerprint density at radius 1 is 1.03 bits per heavy atom. The topological polar surface area (TPSA) is 92.8 Å². The molecule has 0 bridgehead atoms. The third-order valence-electron chi connectivity index (χ3n) is 4.99. The van der Waals surface area contributed by atoms with E-state index in [0.29, 0.717) is 24.4 Å². The van der Waals surface area contributed by atoms with Gasteiger partial charge in [0.1, 0.15) is 0 Å². The molecule has 1 N–H and O–H groups in total. The highest BCUT2D eigenvalue weighted by atomic mass is 32.2. The van der Waals surface area contributed by atoms with E-state index < -0.39 is 28.5 Å². The number of amides is 1. The number of benzene rings is 1. The molecule has 0 aliphatic carbocycles. The van der Waals surface area contributed by atoms with Gasteiger partial charge < -0.3 is 10.1 Å². The van der Waals surface area contributed by atoms with Crippen LogP contribution in [0.1, 0.15) is 22.6 Å². The molecule has 1 saturated heterocycles. The third-order valence-corrected chi connectivity index (χ3v) is 8.61. The van der Waals surface area contributed by atoms with E-state index in [4.69, 9.17) is 4.74 Å². The molecule has 0 unspecified atom stereocenters. The molecular formula is C23H22N2O5S3. The maximum Gasteiger partial charge on any atom is 0.340 e. The Morgan fingerprint density at radius 2 is 1.79 bits per heavy atom. The molecule has 1 fully saturated rings. The molecule has 172 valence electrons. The highest BCUT2D eigenvalue weighted by Crippen LogP contribution is 2.26. The number of nitrogens with one attached hydrogen (secondary N) is 1. The molecule has 3 heterocycles. The lowest BCUT2D eigenvalue weighted by Crippen LogP contribution is -2.28. The Hall–Kier alpha value is -2.79. The zero-order valence-corrected chi connectivity index (χ0v) is 20.0. The van der Waals surface area contributed by atoms with Gasteiger partial charge in [-0.15, -0.1) is 22.7 Å². The number of hydrogen-bond donors (Lipinski definition) is 1. The van der Waals surface area contributed by atoms with Crippen LogP contribution in [0.5, 0.6) is 0 Å². The minimum Gasteiger partial charge on any atom is -0.452 e. The number of carbonyl (C=O) groups is 2. The van der Waals surface area contributed by atoms with E-state index >= 15 is 0 Å². The molecule has 33 heavy (non-hydrogen) atoms. The summed E-state index contributed by atoms with van der Waals surface area (Å²) in [5, 5.41) is 6.38. The molecule has 0 saturated carbocycles. The lowest BCUT2D eigenvalue weighted by molar-refractivity contribution is -0.141. The summed E-state index contributed by atoms with van der Waals surface area (Å²) in [5.74, 6) is -1.16. The molecule has 10 heteroatoms. The summed E-state index contributed by atoms with van der Waals surface area (Å²) < 4.78 is 32.2. The van der Waals surface area contributed by atoms with Gasteiger partial charge in [-0.3, -0.25) is 4.79 Å². The van der Waals surface area contributed by atoms with Crippen LogP contribution < -0.4 is 5.32 Å². The lowest BCUT2D eigenvalue weighted by atomic mass is 10.2. The first kappa shape index (κ1) is 23.4. The van der Waals surface area contributed by atoms with Crippen molar-refractivity contribution < 1.29 is 22.7 Å². The van der Waals surface area contributed by atoms with Crippen LogP contribution in [0.25, 0.3) is 11.6 Å². The maximum absolute atomic E-state index is 12.7. The molecule has 1 amide bonds. The Labute approximate surface area is 200 Å². The molecule has 4 rings (SSSR count). The van der Waals surface area contributed by atoms with E-state index in [-0.39, 0.29) is 4.90 Å². The average Bonchev–Trinajstić information content (AvgIpc) is 3.59. The fourth-order valence-electron chi connectivity index (χ4n) is 3.40.